The third kappa shape index (κ3) is 5.21. The van der Waals surface area contributed by atoms with Gasteiger partial charge in [0.05, 0.1) is 5.92 Å². The van der Waals surface area contributed by atoms with Crippen molar-refractivity contribution in [3.8, 4) is 5.75 Å². The number of aliphatic hydroxyl groups excluding tert-OH is 1. The van der Waals surface area contributed by atoms with Gasteiger partial charge in [0.15, 0.2) is 0 Å². The highest BCUT2D eigenvalue weighted by Crippen LogP contribution is 2.26. The summed E-state index contributed by atoms with van der Waals surface area (Å²) in [6.45, 7) is 0.449. The molecule has 1 saturated heterocycles. The fraction of sp³-hybridized carbons (Fsp3) is 0.300. The molecule has 3 rings (SSSR count). The maximum atomic E-state index is 12.3. The van der Waals surface area contributed by atoms with E-state index < -0.39 is 12.0 Å². The Morgan fingerprint density at radius 3 is 2.63 bits per heavy atom. The van der Waals surface area contributed by atoms with Crippen LogP contribution in [0.4, 0.5) is 5.69 Å². The van der Waals surface area contributed by atoms with Gasteiger partial charge < -0.3 is 20.1 Å². The molecular weight excluding hydrogens is 368 g/mol. The van der Waals surface area contributed by atoms with E-state index in [0.717, 1.165) is 5.69 Å². The van der Waals surface area contributed by atoms with E-state index in [1.165, 1.54) is 0 Å². The number of rotatable bonds is 7. The highest BCUT2D eigenvalue weighted by atomic mass is 35.5. The zero-order chi connectivity index (χ0) is 19.2. The van der Waals surface area contributed by atoms with Gasteiger partial charge in [0, 0.05) is 30.2 Å². The van der Waals surface area contributed by atoms with Gasteiger partial charge in [-0.15, -0.1) is 0 Å². The van der Waals surface area contributed by atoms with Gasteiger partial charge in [0.25, 0.3) is 0 Å². The van der Waals surface area contributed by atoms with E-state index in [2.05, 4.69) is 5.32 Å². The number of nitrogens with zero attached hydrogens (tertiary/aromatic N) is 1. The molecule has 0 aliphatic carbocycles. The van der Waals surface area contributed by atoms with Crippen molar-refractivity contribution in [3.05, 3.63) is 59.6 Å². The van der Waals surface area contributed by atoms with Crippen LogP contribution >= 0.6 is 11.6 Å². The Morgan fingerprint density at radius 2 is 1.93 bits per heavy atom. The largest absolute Gasteiger partial charge is 0.491 e. The molecule has 2 N–H and O–H groups in total. The molecule has 2 aromatic carbocycles. The SMILES string of the molecule is O=C(NCC(O)COc1ccccc1)C1CC(=O)N(c2ccc(Cl)cc2)C1. The molecule has 1 fully saturated rings. The van der Waals surface area contributed by atoms with Crippen molar-refractivity contribution >= 4 is 29.1 Å². The number of para-hydroxylation sites is 1. The summed E-state index contributed by atoms with van der Waals surface area (Å²) in [7, 11) is 0. The number of carbonyl (C=O) groups excluding carboxylic acids is 2. The number of hydrogen-bond acceptors (Lipinski definition) is 4. The highest BCUT2D eigenvalue weighted by Gasteiger charge is 2.35. The maximum absolute atomic E-state index is 12.3. The smallest absolute Gasteiger partial charge is 0.227 e. The molecule has 0 aromatic heterocycles. The molecular formula is C20H21ClN2O4. The molecule has 2 aromatic rings. The molecule has 0 saturated carbocycles. The van der Waals surface area contributed by atoms with Crippen LogP contribution in [-0.4, -0.2) is 42.7 Å². The van der Waals surface area contributed by atoms with Crippen LogP contribution in [0.15, 0.2) is 54.6 Å². The second-order valence-corrected chi connectivity index (χ2v) is 6.84. The van der Waals surface area contributed by atoms with Crippen LogP contribution in [0, 0.1) is 5.92 Å². The molecule has 0 radical (unpaired) electrons. The molecule has 7 heteroatoms. The summed E-state index contributed by atoms with van der Waals surface area (Å²) in [6.07, 6.45) is -0.691. The average molecular weight is 389 g/mol. The monoisotopic (exact) mass is 388 g/mol. The summed E-state index contributed by atoms with van der Waals surface area (Å²) in [5.74, 6) is -0.151. The number of hydrogen-bond donors (Lipinski definition) is 2. The van der Waals surface area contributed by atoms with Crippen LogP contribution in [0.3, 0.4) is 0 Å². The van der Waals surface area contributed by atoms with Crippen molar-refractivity contribution in [1.82, 2.24) is 5.32 Å². The van der Waals surface area contributed by atoms with E-state index in [-0.39, 0.29) is 31.4 Å². The van der Waals surface area contributed by atoms with Crippen LogP contribution in [0.1, 0.15) is 6.42 Å². The standard InChI is InChI=1S/C20H21ClN2O4/c21-15-6-8-16(9-7-15)23-12-14(10-19(23)25)20(26)22-11-17(24)13-27-18-4-2-1-3-5-18/h1-9,14,17,24H,10-13H2,(H,22,26). The number of nitrogens with one attached hydrogen (secondary N) is 1. The predicted octanol–water partition coefficient (Wildman–Crippen LogP) is 2.25. The minimum Gasteiger partial charge on any atom is -0.491 e. The molecule has 2 unspecified atom stereocenters. The number of carbonyl (C=O) groups is 2. The quantitative estimate of drug-likeness (QED) is 0.762. The van der Waals surface area contributed by atoms with Crippen LogP contribution in [-0.2, 0) is 9.59 Å². The summed E-state index contributed by atoms with van der Waals surface area (Å²) in [4.78, 5) is 26.1. The van der Waals surface area contributed by atoms with Gasteiger partial charge in [-0.05, 0) is 36.4 Å². The lowest BCUT2D eigenvalue weighted by Crippen LogP contribution is -2.39. The van der Waals surface area contributed by atoms with Gasteiger partial charge in [0.2, 0.25) is 11.8 Å². The number of aliphatic hydroxyl groups is 1. The average Bonchev–Trinajstić information content (AvgIpc) is 3.07. The summed E-state index contributed by atoms with van der Waals surface area (Å²) in [6, 6.07) is 16.1. The molecule has 1 aliphatic rings. The Hall–Kier alpha value is -2.57. The van der Waals surface area contributed by atoms with Crippen molar-refractivity contribution in [2.24, 2.45) is 5.92 Å². The lowest BCUT2D eigenvalue weighted by atomic mass is 10.1. The lowest BCUT2D eigenvalue weighted by Gasteiger charge is -2.17. The fourth-order valence-electron chi connectivity index (χ4n) is 2.88. The molecule has 0 spiro atoms. The fourth-order valence-corrected chi connectivity index (χ4v) is 3.01. The number of amides is 2. The predicted molar refractivity (Wildman–Crippen MR) is 103 cm³/mol. The molecule has 1 heterocycles. The van der Waals surface area contributed by atoms with Crippen molar-refractivity contribution in [3.63, 3.8) is 0 Å². The molecule has 1 aliphatic heterocycles. The Bertz CT molecular complexity index is 782. The van der Waals surface area contributed by atoms with E-state index in [9.17, 15) is 14.7 Å². The third-order valence-corrected chi connectivity index (χ3v) is 4.58. The first-order valence-electron chi connectivity index (χ1n) is 8.72. The topological polar surface area (TPSA) is 78.9 Å². The van der Waals surface area contributed by atoms with E-state index >= 15 is 0 Å². The summed E-state index contributed by atoms with van der Waals surface area (Å²) >= 11 is 5.87. The summed E-state index contributed by atoms with van der Waals surface area (Å²) < 4.78 is 5.45. The molecule has 142 valence electrons. The number of halogens is 1. The van der Waals surface area contributed by atoms with Gasteiger partial charge in [-0.25, -0.2) is 0 Å². The van der Waals surface area contributed by atoms with Crippen molar-refractivity contribution < 1.29 is 19.4 Å². The molecule has 2 amide bonds. The second-order valence-electron chi connectivity index (χ2n) is 6.40. The van der Waals surface area contributed by atoms with E-state index in [0.29, 0.717) is 17.3 Å². The summed E-state index contributed by atoms with van der Waals surface area (Å²) in [5, 5.41) is 13.3. The minimum atomic E-state index is -0.835. The first-order chi connectivity index (χ1) is 13.0. The van der Waals surface area contributed by atoms with Crippen molar-refractivity contribution in [2.45, 2.75) is 12.5 Å². The molecule has 27 heavy (non-hydrogen) atoms. The lowest BCUT2D eigenvalue weighted by molar-refractivity contribution is -0.126. The number of benzene rings is 2. The van der Waals surface area contributed by atoms with Crippen molar-refractivity contribution in [1.29, 1.82) is 0 Å². The number of anilines is 1. The zero-order valence-corrected chi connectivity index (χ0v) is 15.4. The molecule has 0 bridgehead atoms. The third-order valence-electron chi connectivity index (χ3n) is 4.33. The van der Waals surface area contributed by atoms with E-state index in [4.69, 9.17) is 16.3 Å². The van der Waals surface area contributed by atoms with Crippen LogP contribution in [0.2, 0.25) is 5.02 Å². The summed E-state index contributed by atoms with van der Waals surface area (Å²) in [5.41, 5.74) is 0.719. The first-order valence-corrected chi connectivity index (χ1v) is 9.10. The Kier molecular flexibility index (Phi) is 6.32. The Balaban J connectivity index is 1.45. The van der Waals surface area contributed by atoms with Gasteiger partial charge in [0.1, 0.15) is 18.5 Å². The normalized spacial score (nSPS) is 17.6. The molecule has 2 atom stereocenters. The first kappa shape index (κ1) is 19.2. The van der Waals surface area contributed by atoms with E-state index in [1.54, 1.807) is 41.3 Å². The minimum absolute atomic E-state index is 0.0668. The highest BCUT2D eigenvalue weighted by molar-refractivity contribution is 6.30. The second kappa shape index (κ2) is 8.88. The van der Waals surface area contributed by atoms with Crippen molar-refractivity contribution in [2.75, 3.05) is 24.6 Å². The number of ether oxygens (including phenoxy) is 1. The van der Waals surface area contributed by atoms with Gasteiger partial charge in [-0.2, -0.15) is 0 Å². The van der Waals surface area contributed by atoms with Gasteiger partial charge in [-0.1, -0.05) is 29.8 Å². The van der Waals surface area contributed by atoms with E-state index in [1.807, 2.05) is 18.2 Å². The van der Waals surface area contributed by atoms with Gasteiger partial charge >= 0.3 is 0 Å². The Labute approximate surface area is 162 Å². The van der Waals surface area contributed by atoms with Crippen LogP contribution in [0.5, 0.6) is 5.75 Å². The van der Waals surface area contributed by atoms with Crippen LogP contribution in [0.25, 0.3) is 0 Å². The zero-order valence-electron chi connectivity index (χ0n) is 14.7. The maximum Gasteiger partial charge on any atom is 0.227 e. The van der Waals surface area contributed by atoms with Crippen LogP contribution < -0.4 is 15.0 Å². The molecule has 6 nitrogen and oxygen atoms in total. The Morgan fingerprint density at radius 1 is 1.22 bits per heavy atom. The van der Waals surface area contributed by atoms with Gasteiger partial charge in [-0.3, -0.25) is 9.59 Å².